The van der Waals surface area contributed by atoms with Crippen LogP contribution in [-0.4, -0.2) is 57.9 Å². The van der Waals surface area contributed by atoms with E-state index < -0.39 is 0 Å². The van der Waals surface area contributed by atoms with Crippen molar-refractivity contribution in [3.63, 3.8) is 0 Å². The molecule has 6 nitrogen and oxygen atoms in total. The van der Waals surface area contributed by atoms with Gasteiger partial charge in [0.25, 0.3) is 5.91 Å². The first-order valence-electron chi connectivity index (χ1n) is 12.3. The van der Waals surface area contributed by atoms with Gasteiger partial charge < -0.3 is 24.4 Å². The fourth-order valence-corrected chi connectivity index (χ4v) is 4.59. The number of carbonyl (C=O) groups excluding carboxylic acids is 1. The summed E-state index contributed by atoms with van der Waals surface area (Å²) in [6.07, 6.45) is 6.63. The molecule has 2 atom stereocenters. The molecule has 0 fully saturated rings. The molecule has 0 saturated carbocycles. The van der Waals surface area contributed by atoms with E-state index in [4.69, 9.17) is 14.2 Å². The molecule has 0 spiro atoms. The number of ether oxygens (including phenoxy) is 3. The number of benzene rings is 2. The third kappa shape index (κ3) is 6.32. The highest BCUT2D eigenvalue weighted by Gasteiger charge is 2.29. The van der Waals surface area contributed by atoms with Gasteiger partial charge in [0.2, 0.25) is 0 Å². The van der Waals surface area contributed by atoms with Gasteiger partial charge in [0.1, 0.15) is 6.61 Å². The second kappa shape index (κ2) is 11.6. The zero-order valence-electron chi connectivity index (χ0n) is 21.2. The van der Waals surface area contributed by atoms with Crippen LogP contribution in [0.25, 0.3) is 0 Å². The van der Waals surface area contributed by atoms with E-state index in [1.165, 1.54) is 11.1 Å². The molecule has 1 N–H and O–H groups in total. The number of nitrogens with zero attached hydrogens (tertiary/aromatic N) is 1. The highest BCUT2D eigenvalue weighted by atomic mass is 16.5. The van der Waals surface area contributed by atoms with Crippen molar-refractivity contribution in [1.82, 2.24) is 4.90 Å². The molecule has 0 aromatic heterocycles. The summed E-state index contributed by atoms with van der Waals surface area (Å²) in [7, 11) is 5.61. The normalized spacial score (nSPS) is 19.8. The van der Waals surface area contributed by atoms with Gasteiger partial charge in [0.05, 0.1) is 19.8 Å². The second-order valence-electron chi connectivity index (χ2n) is 9.46. The molecular formula is C29H36N2O4. The Kier molecular flexibility index (Phi) is 8.26. The maximum Gasteiger partial charge on any atom is 0.251 e. The smallest absolute Gasteiger partial charge is 0.251 e. The third-order valence-electron chi connectivity index (χ3n) is 6.62. The number of hydrogen-bond donors (Lipinski definition) is 1. The summed E-state index contributed by atoms with van der Waals surface area (Å²) >= 11 is 0. The third-order valence-corrected chi connectivity index (χ3v) is 6.62. The minimum Gasteiger partial charge on any atom is -0.493 e. The summed E-state index contributed by atoms with van der Waals surface area (Å²) in [5.74, 6) is 1.52. The van der Waals surface area contributed by atoms with E-state index in [0.29, 0.717) is 42.7 Å². The monoisotopic (exact) mass is 476 g/mol. The Balaban J connectivity index is 1.49. The summed E-state index contributed by atoms with van der Waals surface area (Å²) in [5, 5.41) is 3.08. The summed E-state index contributed by atoms with van der Waals surface area (Å²) in [6.45, 7) is 3.96. The lowest BCUT2D eigenvalue weighted by molar-refractivity contribution is -0.113. The number of nitrogens with one attached hydrogen (secondary N) is 1. The minimum atomic E-state index is -0.138. The molecule has 0 saturated heterocycles. The van der Waals surface area contributed by atoms with Gasteiger partial charge in [-0.05, 0) is 57.1 Å². The molecule has 186 valence electrons. The number of methoxy groups -OCH3 is 1. The number of aryl methyl sites for hydroxylation is 1. The van der Waals surface area contributed by atoms with E-state index in [9.17, 15) is 4.79 Å². The Hall–Kier alpha value is -3.09. The number of carbonyl (C=O) groups is 1. The quantitative estimate of drug-likeness (QED) is 0.537. The van der Waals surface area contributed by atoms with Crippen molar-refractivity contribution in [2.45, 2.75) is 38.2 Å². The number of rotatable bonds is 8. The molecule has 6 heteroatoms. The largest absolute Gasteiger partial charge is 0.493 e. The van der Waals surface area contributed by atoms with Crippen LogP contribution in [0.15, 0.2) is 65.8 Å². The zero-order valence-corrected chi connectivity index (χ0v) is 21.2. The van der Waals surface area contributed by atoms with Crippen LogP contribution in [0.4, 0.5) is 5.69 Å². The number of likely N-dealkylation sites (N-methyl/N-ethyl adjacent to an activating group) is 1. The molecule has 1 amide bonds. The number of fused-ring (bicyclic) bond motifs is 1. The lowest BCUT2D eigenvalue weighted by atomic mass is 9.90. The first kappa shape index (κ1) is 25.0. The van der Waals surface area contributed by atoms with E-state index in [1.807, 2.05) is 32.3 Å². The fraction of sp³-hybridized carbons (Fsp3) is 0.414. The molecule has 1 aliphatic carbocycles. The predicted octanol–water partition coefficient (Wildman–Crippen LogP) is 5.10. The van der Waals surface area contributed by atoms with Gasteiger partial charge >= 0.3 is 0 Å². The molecule has 1 aliphatic heterocycles. The zero-order chi connectivity index (χ0) is 24.8. The average molecular weight is 477 g/mol. The van der Waals surface area contributed by atoms with Crippen molar-refractivity contribution in [2.75, 3.05) is 46.3 Å². The topological polar surface area (TPSA) is 60.0 Å². The van der Waals surface area contributed by atoms with Crippen molar-refractivity contribution in [2.24, 2.45) is 0 Å². The van der Waals surface area contributed by atoms with Crippen molar-refractivity contribution < 1.29 is 19.0 Å². The molecule has 2 aliphatic rings. The van der Waals surface area contributed by atoms with Crippen LogP contribution in [0, 0.1) is 6.92 Å². The summed E-state index contributed by atoms with van der Waals surface area (Å²) < 4.78 is 17.4. The van der Waals surface area contributed by atoms with Crippen LogP contribution in [0.1, 0.15) is 36.3 Å². The molecule has 0 bridgehead atoms. The summed E-state index contributed by atoms with van der Waals surface area (Å²) in [5.41, 5.74) is 5.18. The Labute approximate surface area is 208 Å². The maximum atomic E-state index is 13.4. The van der Waals surface area contributed by atoms with Crippen LogP contribution in [-0.2, 0) is 9.53 Å². The highest BCUT2D eigenvalue weighted by molar-refractivity contribution is 6.04. The van der Waals surface area contributed by atoms with E-state index in [-0.39, 0.29) is 12.0 Å². The molecule has 2 aromatic carbocycles. The minimum absolute atomic E-state index is 0.0695. The van der Waals surface area contributed by atoms with Crippen LogP contribution >= 0.6 is 0 Å². The van der Waals surface area contributed by atoms with Crippen molar-refractivity contribution in [3.05, 3.63) is 76.9 Å². The summed E-state index contributed by atoms with van der Waals surface area (Å²) in [4.78, 5) is 15.4. The number of allylic oxidation sites excluding steroid dienone is 1. The lowest BCUT2D eigenvalue weighted by Crippen LogP contribution is -2.27. The van der Waals surface area contributed by atoms with Gasteiger partial charge in [0, 0.05) is 36.2 Å². The fourth-order valence-electron chi connectivity index (χ4n) is 4.59. The first-order valence-corrected chi connectivity index (χ1v) is 12.3. The molecular weight excluding hydrogens is 440 g/mol. The van der Waals surface area contributed by atoms with Crippen molar-refractivity contribution in [1.29, 1.82) is 0 Å². The number of anilines is 1. The molecule has 1 heterocycles. The van der Waals surface area contributed by atoms with Crippen LogP contribution in [0.2, 0.25) is 0 Å². The van der Waals surface area contributed by atoms with E-state index >= 15 is 0 Å². The van der Waals surface area contributed by atoms with E-state index in [1.54, 1.807) is 7.11 Å². The predicted molar refractivity (Wildman–Crippen MR) is 139 cm³/mol. The first-order chi connectivity index (χ1) is 16.9. The van der Waals surface area contributed by atoms with E-state index in [0.717, 1.165) is 30.5 Å². The van der Waals surface area contributed by atoms with Crippen LogP contribution < -0.4 is 14.8 Å². The van der Waals surface area contributed by atoms with Gasteiger partial charge in [-0.25, -0.2) is 0 Å². The molecule has 2 unspecified atom stereocenters. The van der Waals surface area contributed by atoms with Gasteiger partial charge in [-0.1, -0.05) is 42.0 Å². The second-order valence-corrected chi connectivity index (χ2v) is 9.46. The van der Waals surface area contributed by atoms with Crippen molar-refractivity contribution >= 4 is 11.6 Å². The summed E-state index contributed by atoms with van der Waals surface area (Å²) in [6, 6.07) is 14.2. The lowest BCUT2D eigenvalue weighted by Gasteiger charge is -2.26. The SMILES string of the molecule is COc1ccc(NC(=O)C2=C3CCC(c4ccc(C)cc4)C=CC3OCC2)cc1OCCN(C)C. The average Bonchev–Trinajstić information content (AvgIpc) is 3.07. The Morgan fingerprint density at radius 2 is 1.89 bits per heavy atom. The van der Waals surface area contributed by atoms with Gasteiger partial charge in [-0.15, -0.1) is 0 Å². The number of amides is 1. The van der Waals surface area contributed by atoms with Gasteiger partial charge in [0.15, 0.2) is 11.5 Å². The molecule has 0 radical (unpaired) electrons. The highest BCUT2D eigenvalue weighted by Crippen LogP contribution is 2.36. The molecule has 4 rings (SSSR count). The van der Waals surface area contributed by atoms with E-state index in [2.05, 4.69) is 53.6 Å². The van der Waals surface area contributed by atoms with Gasteiger partial charge in [-0.3, -0.25) is 4.79 Å². The van der Waals surface area contributed by atoms with Crippen LogP contribution in [0.5, 0.6) is 11.5 Å². The van der Waals surface area contributed by atoms with Crippen LogP contribution in [0.3, 0.4) is 0 Å². The molecule has 2 aromatic rings. The Morgan fingerprint density at radius 3 is 2.63 bits per heavy atom. The Morgan fingerprint density at radius 1 is 1.09 bits per heavy atom. The maximum absolute atomic E-state index is 13.4. The van der Waals surface area contributed by atoms with Gasteiger partial charge in [-0.2, -0.15) is 0 Å². The standard InChI is InChI=1S/C29H36N2O4/c1-20-5-7-21(8-6-20)22-9-12-24-25(15-17-34-26(24)13-10-22)29(32)30-23-11-14-27(33-4)28(19-23)35-18-16-31(2)3/h5-8,10-11,13-14,19,22,26H,9,12,15-18H2,1-4H3,(H,30,32). The molecule has 35 heavy (non-hydrogen) atoms. The van der Waals surface area contributed by atoms with Crippen molar-refractivity contribution in [3.8, 4) is 11.5 Å². The number of hydrogen-bond acceptors (Lipinski definition) is 5. The Bertz CT molecular complexity index is 1090.